The summed E-state index contributed by atoms with van der Waals surface area (Å²) in [6, 6.07) is 6.70. The summed E-state index contributed by atoms with van der Waals surface area (Å²) in [6.45, 7) is 0. The minimum absolute atomic E-state index is 0.00144. The van der Waals surface area contributed by atoms with Crippen molar-refractivity contribution in [1.29, 1.82) is 5.26 Å². The van der Waals surface area contributed by atoms with Crippen LogP contribution in [-0.2, 0) is 6.18 Å². The van der Waals surface area contributed by atoms with Gasteiger partial charge < -0.3 is 0 Å². The van der Waals surface area contributed by atoms with E-state index in [-0.39, 0.29) is 11.1 Å². The molecule has 0 saturated heterocycles. The first-order valence-electron chi connectivity index (χ1n) is 4.38. The highest BCUT2D eigenvalue weighted by Gasteiger charge is 2.32. The Hall–Kier alpha value is -2.09. The van der Waals surface area contributed by atoms with Crippen molar-refractivity contribution in [2.75, 3.05) is 0 Å². The van der Waals surface area contributed by atoms with Crippen LogP contribution in [-0.4, -0.2) is 4.98 Å². The molecule has 0 unspecified atom stereocenters. The molecule has 0 N–H and O–H groups in total. The maximum Gasteiger partial charge on any atom is 0.417 e. The van der Waals surface area contributed by atoms with Gasteiger partial charge in [-0.2, -0.15) is 18.4 Å². The van der Waals surface area contributed by atoms with Crippen LogP contribution in [0, 0.1) is 11.3 Å². The van der Waals surface area contributed by atoms with Crippen LogP contribution in [0.3, 0.4) is 0 Å². The Bertz CT molecular complexity index is 582. The van der Waals surface area contributed by atoms with Crippen LogP contribution in [0.25, 0.3) is 10.8 Å². The van der Waals surface area contributed by atoms with E-state index >= 15 is 0 Å². The fourth-order valence-electron chi connectivity index (χ4n) is 1.48. The second-order valence-electron chi connectivity index (χ2n) is 3.21. The zero-order chi connectivity index (χ0) is 11.8. The molecule has 0 spiro atoms. The highest BCUT2D eigenvalue weighted by atomic mass is 19.4. The topological polar surface area (TPSA) is 36.7 Å². The number of hydrogen-bond donors (Lipinski definition) is 0. The number of rotatable bonds is 0. The minimum atomic E-state index is -4.42. The lowest BCUT2D eigenvalue weighted by Crippen LogP contribution is -2.05. The third-order valence-electron chi connectivity index (χ3n) is 2.18. The zero-order valence-electron chi connectivity index (χ0n) is 7.92. The molecule has 2 nitrogen and oxygen atoms in total. The number of pyridine rings is 1. The van der Waals surface area contributed by atoms with E-state index in [4.69, 9.17) is 5.26 Å². The summed E-state index contributed by atoms with van der Waals surface area (Å²) >= 11 is 0. The van der Waals surface area contributed by atoms with Gasteiger partial charge in [0.2, 0.25) is 0 Å². The summed E-state index contributed by atoms with van der Waals surface area (Å²) < 4.78 is 38.0. The number of aromatic nitrogens is 1. The molecule has 0 aliphatic carbocycles. The quantitative estimate of drug-likeness (QED) is 0.686. The average Bonchev–Trinajstić information content (AvgIpc) is 2.26. The number of hydrogen-bond acceptors (Lipinski definition) is 2. The van der Waals surface area contributed by atoms with Gasteiger partial charge in [0, 0.05) is 11.6 Å². The minimum Gasteiger partial charge on any atom is -0.245 e. The maximum absolute atomic E-state index is 12.7. The lowest BCUT2D eigenvalue weighted by Gasteiger charge is -2.09. The number of halogens is 3. The average molecular weight is 222 g/mol. The summed E-state index contributed by atoms with van der Waals surface area (Å²) in [5.74, 6) is 0. The van der Waals surface area contributed by atoms with Crippen LogP contribution in [0.5, 0.6) is 0 Å². The standard InChI is InChI=1S/C11H5F3N2/c12-11(13,14)10-3-1-2-7-6-16-8(5-15)4-9(7)10/h1-4,6H. The lowest BCUT2D eigenvalue weighted by molar-refractivity contribution is -0.136. The van der Waals surface area contributed by atoms with E-state index in [2.05, 4.69) is 4.98 Å². The van der Waals surface area contributed by atoms with Gasteiger partial charge in [0.25, 0.3) is 0 Å². The van der Waals surface area contributed by atoms with Crippen molar-refractivity contribution in [3.8, 4) is 6.07 Å². The number of nitrogens with zero attached hydrogens (tertiary/aromatic N) is 2. The summed E-state index contributed by atoms with van der Waals surface area (Å²) in [7, 11) is 0. The summed E-state index contributed by atoms with van der Waals surface area (Å²) in [5, 5.41) is 8.97. The van der Waals surface area contributed by atoms with Gasteiger partial charge in [0.15, 0.2) is 0 Å². The molecule has 16 heavy (non-hydrogen) atoms. The van der Waals surface area contributed by atoms with Crippen molar-refractivity contribution < 1.29 is 13.2 Å². The van der Waals surface area contributed by atoms with Gasteiger partial charge >= 0.3 is 6.18 Å². The molecule has 0 aliphatic rings. The first-order chi connectivity index (χ1) is 7.52. The summed E-state index contributed by atoms with van der Waals surface area (Å²) in [5.41, 5.74) is -0.770. The van der Waals surface area contributed by atoms with Crippen LogP contribution in [0.1, 0.15) is 11.3 Å². The van der Waals surface area contributed by atoms with Crippen LogP contribution in [0.4, 0.5) is 13.2 Å². The highest BCUT2D eigenvalue weighted by Crippen LogP contribution is 2.34. The molecule has 2 aromatic rings. The maximum atomic E-state index is 12.7. The largest absolute Gasteiger partial charge is 0.417 e. The first-order valence-corrected chi connectivity index (χ1v) is 4.38. The van der Waals surface area contributed by atoms with Crippen molar-refractivity contribution in [1.82, 2.24) is 4.98 Å². The molecule has 0 fully saturated rings. The molecular formula is C11H5F3N2. The molecule has 1 aromatic heterocycles. The monoisotopic (exact) mass is 222 g/mol. The molecule has 1 aromatic carbocycles. The van der Waals surface area contributed by atoms with Gasteiger partial charge in [-0.15, -0.1) is 0 Å². The predicted molar refractivity (Wildman–Crippen MR) is 51.5 cm³/mol. The van der Waals surface area contributed by atoms with E-state index in [0.717, 1.165) is 12.1 Å². The number of benzene rings is 1. The van der Waals surface area contributed by atoms with Gasteiger partial charge in [-0.05, 0) is 17.5 Å². The smallest absolute Gasteiger partial charge is 0.245 e. The Morgan fingerprint density at radius 1 is 1.25 bits per heavy atom. The van der Waals surface area contributed by atoms with Gasteiger partial charge in [0.05, 0.1) is 5.56 Å². The molecule has 0 amide bonds. The molecule has 1 heterocycles. The molecule has 0 atom stereocenters. The Morgan fingerprint density at radius 2 is 2.00 bits per heavy atom. The third kappa shape index (κ3) is 1.70. The Labute approximate surface area is 89.0 Å². The van der Waals surface area contributed by atoms with Crippen molar-refractivity contribution in [3.05, 3.63) is 41.7 Å². The normalized spacial score (nSPS) is 11.4. The second kappa shape index (κ2) is 3.49. The number of nitriles is 1. The second-order valence-corrected chi connectivity index (χ2v) is 3.21. The van der Waals surface area contributed by atoms with Gasteiger partial charge in [-0.1, -0.05) is 12.1 Å². The predicted octanol–water partition coefficient (Wildman–Crippen LogP) is 3.13. The molecule has 0 bridgehead atoms. The van der Waals surface area contributed by atoms with E-state index < -0.39 is 11.7 Å². The Balaban J connectivity index is 2.80. The van der Waals surface area contributed by atoms with Crippen LogP contribution >= 0.6 is 0 Å². The van der Waals surface area contributed by atoms with E-state index in [1.165, 1.54) is 18.3 Å². The van der Waals surface area contributed by atoms with Crippen molar-refractivity contribution in [2.24, 2.45) is 0 Å². The number of alkyl halides is 3. The van der Waals surface area contributed by atoms with Gasteiger partial charge in [-0.25, -0.2) is 4.98 Å². The molecule has 0 aliphatic heterocycles. The summed E-state index contributed by atoms with van der Waals surface area (Å²) in [6.07, 6.45) is -3.16. The fourth-order valence-corrected chi connectivity index (χ4v) is 1.48. The highest BCUT2D eigenvalue weighted by molar-refractivity contribution is 5.86. The van der Waals surface area contributed by atoms with Crippen molar-refractivity contribution >= 4 is 10.8 Å². The van der Waals surface area contributed by atoms with E-state index in [1.807, 2.05) is 0 Å². The van der Waals surface area contributed by atoms with Crippen molar-refractivity contribution in [3.63, 3.8) is 0 Å². The molecule has 80 valence electrons. The Morgan fingerprint density at radius 3 is 2.62 bits per heavy atom. The van der Waals surface area contributed by atoms with Crippen LogP contribution < -0.4 is 0 Å². The van der Waals surface area contributed by atoms with Crippen molar-refractivity contribution in [2.45, 2.75) is 6.18 Å². The fraction of sp³-hybridized carbons (Fsp3) is 0.0909. The van der Waals surface area contributed by atoms with Crippen LogP contribution in [0.2, 0.25) is 0 Å². The van der Waals surface area contributed by atoms with E-state index in [1.54, 1.807) is 6.07 Å². The van der Waals surface area contributed by atoms with E-state index in [0.29, 0.717) is 5.39 Å². The SMILES string of the molecule is N#Cc1cc2c(C(F)(F)F)cccc2cn1. The lowest BCUT2D eigenvalue weighted by atomic mass is 10.1. The Kier molecular flexibility index (Phi) is 2.27. The molecule has 0 radical (unpaired) electrons. The van der Waals surface area contributed by atoms with E-state index in [9.17, 15) is 13.2 Å². The molecule has 5 heteroatoms. The molecular weight excluding hydrogens is 217 g/mol. The number of fused-ring (bicyclic) bond motifs is 1. The van der Waals surface area contributed by atoms with Crippen LogP contribution in [0.15, 0.2) is 30.5 Å². The third-order valence-corrected chi connectivity index (χ3v) is 2.18. The first kappa shape index (κ1) is 10.4. The molecule has 2 rings (SSSR count). The van der Waals surface area contributed by atoms with Gasteiger partial charge in [-0.3, -0.25) is 0 Å². The molecule has 0 saturated carbocycles. The zero-order valence-corrected chi connectivity index (χ0v) is 7.92. The van der Waals surface area contributed by atoms with Gasteiger partial charge in [0.1, 0.15) is 11.8 Å². The summed E-state index contributed by atoms with van der Waals surface area (Å²) in [4.78, 5) is 3.72.